The molecule has 0 radical (unpaired) electrons. The third kappa shape index (κ3) is 4.36. The smallest absolute Gasteiger partial charge is 0.363 e. The number of nitrogens with zero attached hydrogens (tertiary/aromatic N) is 4. The van der Waals surface area contributed by atoms with E-state index in [2.05, 4.69) is 30.7 Å². The molecule has 3 aromatic heterocycles. The van der Waals surface area contributed by atoms with Gasteiger partial charge in [0, 0.05) is 19.5 Å². The Labute approximate surface area is 225 Å². The number of amides is 2. The van der Waals surface area contributed by atoms with Crippen LogP contribution in [0.1, 0.15) is 71.9 Å². The SMILES string of the molecule is Cc1nc2cc(CNC(=O)c3cc(C(=O)N[C@H]4CCc5c4ccc(C(=O)O)c5C)nc4nc(=O)[nH]n34)ccc2o1. The first-order valence-electron chi connectivity index (χ1n) is 12.5. The van der Waals surface area contributed by atoms with Gasteiger partial charge in [0.2, 0.25) is 0 Å². The van der Waals surface area contributed by atoms with Gasteiger partial charge in [-0.3, -0.25) is 9.59 Å². The van der Waals surface area contributed by atoms with Crippen molar-refractivity contribution in [1.29, 1.82) is 0 Å². The number of aryl methyl sites for hydroxylation is 1. The number of carbonyl (C=O) groups is 3. The standard InChI is InChI=1S/C27H23N7O6/c1-12-15-6-7-18(17(15)5-4-16(12)25(37)38)30-23(35)20-10-21(34-26(31-20)32-27(39)33-34)24(36)28-11-14-3-8-22-19(9-14)29-13(2)40-22/h3-5,8-10,18H,6-7,11H2,1-2H3,(H,28,36)(H,30,35)(H,33,39)(H,37,38)/t18-/m0/s1. The Morgan fingerprint density at radius 1 is 1.10 bits per heavy atom. The number of carbonyl (C=O) groups excluding carboxylic acids is 2. The number of carboxylic acids is 1. The van der Waals surface area contributed by atoms with Crippen molar-refractivity contribution in [2.45, 2.75) is 39.3 Å². The number of aromatic carboxylic acids is 1. The highest BCUT2D eigenvalue weighted by atomic mass is 16.4. The highest BCUT2D eigenvalue weighted by molar-refractivity contribution is 5.98. The molecule has 6 rings (SSSR count). The van der Waals surface area contributed by atoms with Crippen LogP contribution in [0.4, 0.5) is 0 Å². The van der Waals surface area contributed by atoms with E-state index >= 15 is 0 Å². The molecule has 0 saturated carbocycles. The lowest BCUT2D eigenvalue weighted by atomic mass is 9.98. The van der Waals surface area contributed by atoms with Gasteiger partial charge in [0.05, 0.1) is 11.6 Å². The van der Waals surface area contributed by atoms with Crippen molar-refractivity contribution < 1.29 is 23.9 Å². The molecule has 202 valence electrons. The molecular formula is C27H23N7O6. The van der Waals surface area contributed by atoms with Crippen LogP contribution in [0.2, 0.25) is 0 Å². The zero-order valence-corrected chi connectivity index (χ0v) is 21.4. The number of H-pyrrole nitrogens is 1. The largest absolute Gasteiger partial charge is 0.478 e. The van der Waals surface area contributed by atoms with Crippen molar-refractivity contribution in [3.8, 4) is 0 Å². The molecule has 4 N–H and O–H groups in total. The fourth-order valence-corrected chi connectivity index (χ4v) is 5.14. The molecule has 5 aromatic rings. The molecule has 40 heavy (non-hydrogen) atoms. The zero-order chi connectivity index (χ0) is 28.1. The van der Waals surface area contributed by atoms with Crippen LogP contribution in [-0.4, -0.2) is 47.5 Å². The van der Waals surface area contributed by atoms with Crippen LogP contribution in [0.3, 0.4) is 0 Å². The average Bonchev–Trinajstić information content (AvgIpc) is 3.61. The highest BCUT2D eigenvalue weighted by Crippen LogP contribution is 2.34. The number of fused-ring (bicyclic) bond motifs is 3. The van der Waals surface area contributed by atoms with Gasteiger partial charge in [0.15, 0.2) is 11.5 Å². The summed E-state index contributed by atoms with van der Waals surface area (Å²) in [7, 11) is 0. The fourth-order valence-electron chi connectivity index (χ4n) is 5.14. The fraction of sp³-hybridized carbons (Fsp3) is 0.222. The van der Waals surface area contributed by atoms with E-state index in [0.717, 1.165) is 21.2 Å². The number of aromatic amines is 1. The predicted molar refractivity (Wildman–Crippen MR) is 140 cm³/mol. The van der Waals surface area contributed by atoms with Gasteiger partial charge in [0.1, 0.15) is 16.9 Å². The molecule has 13 nitrogen and oxygen atoms in total. The van der Waals surface area contributed by atoms with Crippen LogP contribution in [0, 0.1) is 13.8 Å². The maximum Gasteiger partial charge on any atom is 0.363 e. The van der Waals surface area contributed by atoms with Crippen LogP contribution in [-0.2, 0) is 13.0 Å². The summed E-state index contributed by atoms with van der Waals surface area (Å²) in [4.78, 5) is 62.1. The van der Waals surface area contributed by atoms with Crippen molar-refractivity contribution in [3.05, 3.63) is 92.0 Å². The van der Waals surface area contributed by atoms with Crippen molar-refractivity contribution in [1.82, 2.24) is 35.2 Å². The normalized spacial score (nSPS) is 14.4. The molecule has 3 heterocycles. The topological polar surface area (TPSA) is 185 Å². The molecule has 2 amide bonds. The van der Waals surface area contributed by atoms with Crippen LogP contribution >= 0.6 is 0 Å². The van der Waals surface area contributed by atoms with Crippen LogP contribution in [0.5, 0.6) is 0 Å². The second kappa shape index (κ2) is 9.45. The second-order valence-corrected chi connectivity index (χ2v) is 9.58. The summed E-state index contributed by atoms with van der Waals surface area (Å²) in [6.07, 6.45) is 1.19. The Morgan fingerprint density at radius 3 is 2.73 bits per heavy atom. The van der Waals surface area contributed by atoms with E-state index in [1.807, 2.05) is 0 Å². The number of aromatic nitrogens is 5. The molecule has 0 aliphatic heterocycles. The van der Waals surface area contributed by atoms with E-state index in [-0.39, 0.29) is 35.3 Å². The maximum atomic E-state index is 13.3. The Morgan fingerprint density at radius 2 is 1.93 bits per heavy atom. The van der Waals surface area contributed by atoms with Crippen molar-refractivity contribution >= 4 is 34.7 Å². The Balaban J connectivity index is 1.25. The number of oxazole rings is 1. The molecular weight excluding hydrogens is 518 g/mol. The number of carboxylic acid groups (broad SMARTS) is 1. The Bertz CT molecular complexity index is 1920. The second-order valence-electron chi connectivity index (χ2n) is 9.58. The van der Waals surface area contributed by atoms with Crippen LogP contribution in [0.15, 0.2) is 45.6 Å². The predicted octanol–water partition coefficient (Wildman–Crippen LogP) is 2.22. The highest BCUT2D eigenvalue weighted by Gasteiger charge is 2.28. The molecule has 1 atom stereocenters. The van der Waals surface area contributed by atoms with E-state index in [0.29, 0.717) is 35.4 Å². The van der Waals surface area contributed by atoms with Gasteiger partial charge in [-0.25, -0.2) is 29.2 Å². The molecule has 0 bridgehead atoms. The van der Waals surface area contributed by atoms with Gasteiger partial charge in [-0.05, 0) is 60.2 Å². The van der Waals surface area contributed by atoms with Gasteiger partial charge in [-0.2, -0.15) is 4.98 Å². The lowest BCUT2D eigenvalue weighted by Crippen LogP contribution is -2.30. The lowest BCUT2D eigenvalue weighted by Gasteiger charge is -2.15. The average molecular weight is 542 g/mol. The molecule has 0 fully saturated rings. The summed E-state index contributed by atoms with van der Waals surface area (Å²) >= 11 is 0. The number of hydrogen-bond donors (Lipinski definition) is 4. The van der Waals surface area contributed by atoms with Gasteiger partial charge in [-0.1, -0.05) is 12.1 Å². The molecule has 2 aromatic carbocycles. The van der Waals surface area contributed by atoms with Crippen molar-refractivity contribution in [2.24, 2.45) is 0 Å². The molecule has 1 aliphatic carbocycles. The van der Waals surface area contributed by atoms with Crippen molar-refractivity contribution in [3.63, 3.8) is 0 Å². The van der Waals surface area contributed by atoms with Crippen LogP contribution in [0.25, 0.3) is 16.9 Å². The van der Waals surface area contributed by atoms with Crippen molar-refractivity contribution in [2.75, 3.05) is 0 Å². The molecule has 0 unspecified atom stereocenters. The van der Waals surface area contributed by atoms with E-state index in [4.69, 9.17) is 4.42 Å². The van der Waals surface area contributed by atoms with E-state index in [1.165, 1.54) is 12.1 Å². The summed E-state index contributed by atoms with van der Waals surface area (Å²) in [6.45, 7) is 3.66. The van der Waals surface area contributed by atoms with Gasteiger partial charge < -0.3 is 20.2 Å². The Hall–Kier alpha value is -5.33. The number of hydrogen-bond acceptors (Lipinski definition) is 8. The summed E-state index contributed by atoms with van der Waals surface area (Å²) in [5.74, 6) is -1.71. The molecule has 0 spiro atoms. The number of benzene rings is 2. The third-order valence-electron chi connectivity index (χ3n) is 7.05. The van der Waals surface area contributed by atoms with Crippen LogP contribution < -0.4 is 16.3 Å². The lowest BCUT2D eigenvalue weighted by molar-refractivity contribution is 0.0695. The minimum absolute atomic E-state index is 0.0307. The summed E-state index contributed by atoms with van der Waals surface area (Å²) in [6, 6.07) is 9.53. The molecule has 13 heteroatoms. The third-order valence-corrected chi connectivity index (χ3v) is 7.05. The first-order valence-corrected chi connectivity index (χ1v) is 12.5. The monoisotopic (exact) mass is 541 g/mol. The number of rotatable bonds is 6. The first-order chi connectivity index (χ1) is 19.2. The molecule has 0 saturated heterocycles. The van der Waals surface area contributed by atoms with Gasteiger partial charge >= 0.3 is 11.7 Å². The van der Waals surface area contributed by atoms with E-state index in [9.17, 15) is 24.3 Å². The van der Waals surface area contributed by atoms with Gasteiger partial charge in [0.25, 0.3) is 17.6 Å². The number of nitrogens with one attached hydrogen (secondary N) is 3. The maximum absolute atomic E-state index is 13.3. The quantitative estimate of drug-likeness (QED) is 0.250. The Kier molecular flexibility index (Phi) is 5.90. The minimum atomic E-state index is -1.00. The summed E-state index contributed by atoms with van der Waals surface area (Å²) in [5.41, 5.74) is 3.87. The van der Waals surface area contributed by atoms with Gasteiger partial charge in [-0.15, -0.1) is 0 Å². The first kappa shape index (κ1) is 25.0. The minimum Gasteiger partial charge on any atom is -0.478 e. The molecule has 1 aliphatic rings. The van der Waals surface area contributed by atoms with E-state index in [1.54, 1.807) is 38.1 Å². The summed E-state index contributed by atoms with van der Waals surface area (Å²) < 4.78 is 6.61. The van der Waals surface area contributed by atoms with E-state index < -0.39 is 23.5 Å². The zero-order valence-electron chi connectivity index (χ0n) is 21.4. The summed E-state index contributed by atoms with van der Waals surface area (Å²) in [5, 5.41) is 17.5.